The molecule has 0 spiro atoms. The normalized spacial score (nSPS) is 17.1. The Bertz CT molecular complexity index is 376. The van der Waals surface area contributed by atoms with Gasteiger partial charge in [-0.15, -0.1) is 0 Å². The topological polar surface area (TPSA) is 67.3 Å². The van der Waals surface area contributed by atoms with Crippen molar-refractivity contribution in [3.8, 4) is 0 Å². The third-order valence-electron chi connectivity index (χ3n) is 4.16. The highest BCUT2D eigenvalue weighted by Gasteiger charge is 2.37. The van der Waals surface area contributed by atoms with Crippen LogP contribution in [0.25, 0.3) is 0 Å². The van der Waals surface area contributed by atoms with Gasteiger partial charge in [-0.05, 0) is 27.9 Å². The number of hydrogen-bond donors (Lipinski definition) is 1. The Morgan fingerprint density at radius 3 is 2.05 bits per heavy atom. The predicted octanol–water partition coefficient (Wildman–Crippen LogP) is 0.0806. The lowest BCUT2D eigenvalue weighted by atomic mass is 10.0. The van der Waals surface area contributed by atoms with Crippen LogP contribution in [0.3, 0.4) is 0 Å². The van der Waals surface area contributed by atoms with E-state index in [0.29, 0.717) is 13.1 Å². The number of urea groups is 1. The van der Waals surface area contributed by atoms with Crippen LogP contribution in [0.4, 0.5) is 4.79 Å². The van der Waals surface area contributed by atoms with Crippen molar-refractivity contribution in [3.05, 3.63) is 0 Å². The fraction of sp³-hybridized carbons (Fsp3) is 0.857. The van der Waals surface area contributed by atoms with Crippen LogP contribution in [0.1, 0.15) is 13.8 Å². The summed E-state index contributed by atoms with van der Waals surface area (Å²) in [5.74, 6) is -0.997. The zero-order valence-electron chi connectivity index (χ0n) is 13.8. The summed E-state index contributed by atoms with van der Waals surface area (Å²) in [6.45, 7) is 8.03. The van der Waals surface area contributed by atoms with Gasteiger partial charge in [-0.1, -0.05) is 0 Å². The third kappa shape index (κ3) is 4.57. The Morgan fingerprint density at radius 2 is 1.62 bits per heavy atom. The molecular formula is C14H28N4O3. The molecule has 0 bridgehead atoms. The molecular weight excluding hydrogens is 272 g/mol. The Hall–Kier alpha value is -1.34. The molecule has 1 fully saturated rings. The molecule has 1 saturated heterocycles. The largest absolute Gasteiger partial charge is 0.480 e. The van der Waals surface area contributed by atoms with Crippen LogP contribution < -0.4 is 0 Å². The summed E-state index contributed by atoms with van der Waals surface area (Å²) in [4.78, 5) is 31.1. The summed E-state index contributed by atoms with van der Waals surface area (Å²) in [5, 5.41) is 9.20. The third-order valence-corrected chi connectivity index (χ3v) is 4.16. The van der Waals surface area contributed by atoms with E-state index in [2.05, 4.69) is 9.80 Å². The number of amides is 2. The van der Waals surface area contributed by atoms with Gasteiger partial charge in [-0.2, -0.15) is 0 Å². The smallest absolute Gasteiger partial charge is 0.329 e. The van der Waals surface area contributed by atoms with Crippen LogP contribution in [0.5, 0.6) is 0 Å². The minimum Gasteiger partial charge on any atom is -0.480 e. The summed E-state index contributed by atoms with van der Waals surface area (Å²) in [6, 6.07) is -0.213. The van der Waals surface area contributed by atoms with Gasteiger partial charge in [0.2, 0.25) is 0 Å². The standard InChI is InChI=1S/C14H28N4O3/c1-14(2,12(19)20)16(5)13(21)18-10-8-17(9-11-18)7-6-15(3)4/h6-11H2,1-5H3,(H,19,20). The van der Waals surface area contributed by atoms with E-state index in [4.69, 9.17) is 0 Å². The molecule has 1 heterocycles. The lowest BCUT2D eigenvalue weighted by molar-refractivity contribution is -0.147. The van der Waals surface area contributed by atoms with E-state index < -0.39 is 11.5 Å². The second-order valence-corrected chi connectivity index (χ2v) is 6.34. The molecule has 7 nitrogen and oxygen atoms in total. The number of carboxylic acids is 1. The van der Waals surface area contributed by atoms with Gasteiger partial charge < -0.3 is 19.8 Å². The highest BCUT2D eigenvalue weighted by molar-refractivity contribution is 5.85. The molecule has 0 aromatic rings. The second-order valence-electron chi connectivity index (χ2n) is 6.34. The minimum absolute atomic E-state index is 0.213. The van der Waals surface area contributed by atoms with Crippen LogP contribution in [-0.2, 0) is 4.79 Å². The highest BCUT2D eigenvalue weighted by atomic mass is 16.4. The fourth-order valence-electron chi connectivity index (χ4n) is 2.10. The van der Waals surface area contributed by atoms with Crippen LogP contribution in [0, 0.1) is 0 Å². The van der Waals surface area contributed by atoms with Gasteiger partial charge in [0.25, 0.3) is 0 Å². The predicted molar refractivity (Wildman–Crippen MR) is 81.4 cm³/mol. The Morgan fingerprint density at radius 1 is 1.10 bits per heavy atom. The van der Waals surface area contributed by atoms with Crippen molar-refractivity contribution in [1.82, 2.24) is 19.6 Å². The van der Waals surface area contributed by atoms with Crippen molar-refractivity contribution in [2.24, 2.45) is 0 Å². The van der Waals surface area contributed by atoms with Crippen LogP contribution in [0.15, 0.2) is 0 Å². The van der Waals surface area contributed by atoms with Crippen molar-refractivity contribution in [3.63, 3.8) is 0 Å². The van der Waals surface area contributed by atoms with Gasteiger partial charge >= 0.3 is 12.0 Å². The number of carbonyl (C=O) groups excluding carboxylic acids is 1. The quantitative estimate of drug-likeness (QED) is 0.779. The Labute approximate surface area is 127 Å². The number of carboxylic acid groups (broad SMARTS) is 1. The van der Waals surface area contributed by atoms with Gasteiger partial charge in [-0.25, -0.2) is 9.59 Å². The number of hydrogen-bond acceptors (Lipinski definition) is 4. The first kappa shape index (κ1) is 17.7. The molecule has 0 aromatic carbocycles. The summed E-state index contributed by atoms with van der Waals surface area (Å²) in [5.41, 5.74) is -1.20. The molecule has 122 valence electrons. The lowest BCUT2D eigenvalue weighted by Crippen LogP contribution is -2.58. The SMILES string of the molecule is CN(C)CCN1CCN(C(=O)N(C)C(C)(C)C(=O)O)CC1. The lowest BCUT2D eigenvalue weighted by Gasteiger charge is -2.40. The molecule has 0 unspecified atom stereocenters. The van der Waals surface area contributed by atoms with E-state index in [1.807, 2.05) is 14.1 Å². The molecule has 1 aliphatic heterocycles. The van der Waals surface area contributed by atoms with Crippen molar-refractivity contribution in [2.75, 3.05) is 60.4 Å². The molecule has 1 rings (SSSR count). The van der Waals surface area contributed by atoms with Crippen molar-refractivity contribution < 1.29 is 14.7 Å². The number of piperazine rings is 1. The molecule has 1 N–H and O–H groups in total. The van der Waals surface area contributed by atoms with E-state index in [9.17, 15) is 14.7 Å². The van der Waals surface area contributed by atoms with Crippen molar-refractivity contribution in [2.45, 2.75) is 19.4 Å². The van der Waals surface area contributed by atoms with Crippen LogP contribution >= 0.6 is 0 Å². The highest BCUT2D eigenvalue weighted by Crippen LogP contribution is 2.16. The number of likely N-dealkylation sites (N-methyl/N-ethyl adjacent to an activating group) is 2. The number of nitrogens with zero attached hydrogens (tertiary/aromatic N) is 4. The molecule has 2 amide bonds. The van der Waals surface area contributed by atoms with E-state index in [1.165, 1.54) is 4.90 Å². The number of aliphatic carboxylic acids is 1. The van der Waals surface area contributed by atoms with Crippen molar-refractivity contribution in [1.29, 1.82) is 0 Å². The van der Waals surface area contributed by atoms with Gasteiger partial charge in [0, 0.05) is 46.3 Å². The van der Waals surface area contributed by atoms with Gasteiger partial charge in [-0.3, -0.25) is 4.90 Å². The monoisotopic (exact) mass is 300 g/mol. The van der Waals surface area contributed by atoms with E-state index in [-0.39, 0.29) is 6.03 Å². The molecule has 0 atom stereocenters. The first-order valence-corrected chi connectivity index (χ1v) is 7.29. The molecule has 21 heavy (non-hydrogen) atoms. The summed E-state index contributed by atoms with van der Waals surface area (Å²) in [7, 11) is 5.64. The van der Waals surface area contributed by atoms with Gasteiger partial charge in [0.1, 0.15) is 5.54 Å². The average Bonchev–Trinajstić information content (AvgIpc) is 2.43. The maximum absolute atomic E-state index is 12.4. The first-order chi connectivity index (χ1) is 9.66. The summed E-state index contributed by atoms with van der Waals surface area (Å²) in [6.07, 6.45) is 0. The molecule has 0 radical (unpaired) electrons. The molecule has 1 aliphatic rings. The first-order valence-electron chi connectivity index (χ1n) is 7.29. The van der Waals surface area contributed by atoms with E-state index in [0.717, 1.165) is 26.2 Å². The van der Waals surface area contributed by atoms with Gasteiger partial charge in [0.15, 0.2) is 0 Å². The Balaban J connectivity index is 2.50. The molecule has 0 aromatic heterocycles. The number of rotatable bonds is 5. The van der Waals surface area contributed by atoms with Gasteiger partial charge in [0.05, 0.1) is 0 Å². The summed E-state index contributed by atoms with van der Waals surface area (Å²) >= 11 is 0. The minimum atomic E-state index is -1.20. The molecule has 7 heteroatoms. The molecule has 0 aliphatic carbocycles. The van der Waals surface area contributed by atoms with Crippen molar-refractivity contribution >= 4 is 12.0 Å². The summed E-state index contributed by atoms with van der Waals surface area (Å²) < 4.78 is 0. The zero-order chi connectivity index (χ0) is 16.2. The van der Waals surface area contributed by atoms with E-state index >= 15 is 0 Å². The zero-order valence-corrected chi connectivity index (χ0v) is 13.8. The molecule has 0 saturated carbocycles. The average molecular weight is 300 g/mol. The maximum atomic E-state index is 12.4. The van der Waals surface area contributed by atoms with E-state index in [1.54, 1.807) is 25.8 Å². The fourth-order valence-corrected chi connectivity index (χ4v) is 2.10. The van der Waals surface area contributed by atoms with Crippen LogP contribution in [-0.4, -0.2) is 103 Å². The number of carbonyl (C=O) groups is 2. The van der Waals surface area contributed by atoms with Crippen LogP contribution in [0.2, 0.25) is 0 Å². The second kappa shape index (κ2) is 7.09. The maximum Gasteiger partial charge on any atom is 0.329 e. The Kier molecular flexibility index (Phi) is 5.98.